The molecule has 9 nitrogen and oxygen atoms in total. The highest BCUT2D eigenvalue weighted by atomic mass is 35.5. The molecular weight excluding hydrogens is 604 g/mol. The summed E-state index contributed by atoms with van der Waals surface area (Å²) in [5, 5.41) is 0.774. The number of aromatic nitrogens is 1. The van der Waals surface area contributed by atoms with E-state index in [9.17, 15) is 14.4 Å². The van der Waals surface area contributed by atoms with Gasteiger partial charge in [-0.05, 0) is 48.4 Å². The summed E-state index contributed by atoms with van der Waals surface area (Å²) in [6.07, 6.45) is 1.46. The number of esters is 1. The van der Waals surface area contributed by atoms with Gasteiger partial charge in [-0.1, -0.05) is 72.0 Å². The van der Waals surface area contributed by atoms with E-state index >= 15 is 0 Å². The molecule has 2 aromatic heterocycles. The minimum Gasteiger partial charge on any atom is -0.493 e. The summed E-state index contributed by atoms with van der Waals surface area (Å²) in [7, 11) is 1.51. The Morgan fingerprint density at radius 3 is 2.66 bits per heavy atom. The molecule has 6 rings (SSSR count). The number of anilines is 1. The molecule has 0 spiro atoms. The van der Waals surface area contributed by atoms with Crippen molar-refractivity contribution < 1.29 is 28.2 Å². The molecule has 0 radical (unpaired) electrons. The van der Waals surface area contributed by atoms with Gasteiger partial charge in [0.05, 0.1) is 29.8 Å². The van der Waals surface area contributed by atoms with Crippen LogP contribution in [0.25, 0.3) is 11.0 Å². The van der Waals surface area contributed by atoms with E-state index in [1.807, 2.05) is 30.3 Å². The second-order valence-corrected chi connectivity index (χ2v) is 11.3. The molecule has 1 aliphatic rings. The number of thiazole rings is 1. The first kappa shape index (κ1) is 29.2. The number of halogens is 1. The molecule has 11 heteroatoms. The molecule has 0 fully saturated rings. The maximum atomic E-state index is 14.0. The van der Waals surface area contributed by atoms with Crippen LogP contribution in [-0.4, -0.2) is 30.6 Å². The molecule has 1 aliphatic heterocycles. The maximum Gasteiger partial charge on any atom is 0.350 e. The molecule has 1 unspecified atom stereocenters. The molecule has 0 aliphatic carbocycles. The van der Waals surface area contributed by atoms with Gasteiger partial charge in [0.2, 0.25) is 5.76 Å². The summed E-state index contributed by atoms with van der Waals surface area (Å²) in [4.78, 5) is 46.9. The van der Waals surface area contributed by atoms with E-state index in [1.54, 1.807) is 37.3 Å². The van der Waals surface area contributed by atoms with Gasteiger partial charge in [-0.15, -0.1) is 0 Å². The number of hydrogen-bond acceptors (Lipinski definition) is 9. The smallest absolute Gasteiger partial charge is 0.350 e. The highest BCUT2D eigenvalue weighted by Gasteiger charge is 2.45. The van der Waals surface area contributed by atoms with E-state index in [4.69, 9.17) is 30.2 Å². The summed E-state index contributed by atoms with van der Waals surface area (Å²) in [5.74, 6) is -0.422. The van der Waals surface area contributed by atoms with Crippen LogP contribution in [0.3, 0.4) is 0 Å². The van der Waals surface area contributed by atoms with Crippen LogP contribution in [0.2, 0.25) is 5.02 Å². The first-order valence-corrected chi connectivity index (χ1v) is 14.7. The molecule has 5 aromatic rings. The standard InChI is InChI=1S/C33H25ClN2O7S/c1-4-14-41-32(39)30-18(2)35-33(44-30)36-27(26-28(37)22-16-21(34)11-13-23(22)43-29(26)31(36)38)20-10-12-24(25(15-20)40-3)42-17-19-8-6-5-7-9-19/h4-13,15-16,27H,1,14,17H2,2-3H3. The fourth-order valence-corrected chi connectivity index (χ4v) is 6.20. The number of methoxy groups -OCH3 is 1. The SMILES string of the molecule is C=CCOC(=O)c1sc(N2C(=O)c3oc4ccc(Cl)cc4c(=O)c3C2c2ccc(OCc3ccccc3)c(OC)c2)nc1C. The lowest BCUT2D eigenvalue weighted by Crippen LogP contribution is -2.29. The fraction of sp³-hybridized carbons (Fsp3) is 0.152. The summed E-state index contributed by atoms with van der Waals surface area (Å²) < 4.78 is 22.9. The van der Waals surface area contributed by atoms with E-state index in [1.165, 1.54) is 24.2 Å². The molecule has 222 valence electrons. The molecule has 1 amide bonds. The van der Waals surface area contributed by atoms with E-state index < -0.39 is 23.3 Å². The van der Waals surface area contributed by atoms with Gasteiger partial charge >= 0.3 is 5.97 Å². The molecule has 0 saturated carbocycles. The van der Waals surface area contributed by atoms with Gasteiger partial charge in [0.1, 0.15) is 23.7 Å². The van der Waals surface area contributed by atoms with Gasteiger partial charge in [-0.25, -0.2) is 9.78 Å². The Morgan fingerprint density at radius 2 is 1.91 bits per heavy atom. The lowest BCUT2D eigenvalue weighted by Gasteiger charge is -2.23. The van der Waals surface area contributed by atoms with Crippen molar-refractivity contribution in [3.8, 4) is 11.5 Å². The first-order chi connectivity index (χ1) is 21.3. The van der Waals surface area contributed by atoms with E-state index in [-0.39, 0.29) is 38.9 Å². The Bertz CT molecular complexity index is 1990. The molecule has 0 bridgehead atoms. The molecular formula is C33H25ClN2O7S. The number of rotatable bonds is 9. The van der Waals surface area contributed by atoms with Gasteiger partial charge in [0.25, 0.3) is 5.91 Å². The first-order valence-electron chi connectivity index (χ1n) is 13.5. The molecule has 1 atom stereocenters. The zero-order valence-corrected chi connectivity index (χ0v) is 25.2. The maximum absolute atomic E-state index is 14.0. The van der Waals surface area contributed by atoms with Crippen molar-refractivity contribution in [3.63, 3.8) is 0 Å². The van der Waals surface area contributed by atoms with E-state index in [0.717, 1.165) is 16.9 Å². The second kappa shape index (κ2) is 12.0. The minimum absolute atomic E-state index is 0.0221. The third-order valence-corrected chi connectivity index (χ3v) is 8.45. The highest BCUT2D eigenvalue weighted by Crippen LogP contribution is 2.45. The average Bonchev–Trinajstić information content (AvgIpc) is 3.56. The van der Waals surface area contributed by atoms with E-state index in [0.29, 0.717) is 34.4 Å². The number of ether oxygens (including phenoxy) is 3. The lowest BCUT2D eigenvalue weighted by molar-refractivity contribution is 0.0554. The number of carbonyl (C=O) groups is 2. The Kier molecular flexibility index (Phi) is 7.94. The van der Waals surface area contributed by atoms with Crippen LogP contribution in [0.4, 0.5) is 5.13 Å². The monoisotopic (exact) mass is 628 g/mol. The van der Waals surface area contributed by atoms with Crippen LogP contribution in [-0.2, 0) is 11.3 Å². The third-order valence-electron chi connectivity index (χ3n) is 7.08. The van der Waals surface area contributed by atoms with Gasteiger partial charge < -0.3 is 18.6 Å². The number of carbonyl (C=O) groups excluding carboxylic acids is 2. The number of benzene rings is 3. The van der Waals surface area contributed by atoms with Gasteiger partial charge in [-0.2, -0.15) is 0 Å². The summed E-state index contributed by atoms with van der Waals surface area (Å²) in [5.41, 5.74) is 1.82. The Labute approximate surface area is 260 Å². The normalized spacial score (nSPS) is 14.0. The van der Waals surface area contributed by atoms with Crippen molar-refractivity contribution in [1.82, 2.24) is 4.98 Å². The van der Waals surface area contributed by atoms with Crippen molar-refractivity contribution in [2.75, 3.05) is 18.6 Å². The largest absolute Gasteiger partial charge is 0.493 e. The molecule has 3 aromatic carbocycles. The zero-order valence-electron chi connectivity index (χ0n) is 23.7. The quantitative estimate of drug-likeness (QED) is 0.128. The summed E-state index contributed by atoms with van der Waals surface area (Å²) in [6.45, 7) is 5.55. The van der Waals surface area contributed by atoms with Gasteiger partial charge in [-0.3, -0.25) is 14.5 Å². The van der Waals surface area contributed by atoms with Gasteiger partial charge in [0, 0.05) is 5.02 Å². The zero-order chi connectivity index (χ0) is 31.0. The average molecular weight is 629 g/mol. The van der Waals surface area contributed by atoms with E-state index in [2.05, 4.69) is 11.6 Å². The number of hydrogen-bond donors (Lipinski definition) is 0. The van der Waals surface area contributed by atoms with Crippen molar-refractivity contribution in [2.45, 2.75) is 19.6 Å². The highest BCUT2D eigenvalue weighted by molar-refractivity contribution is 7.17. The third kappa shape index (κ3) is 5.23. The molecule has 0 saturated heterocycles. The number of fused-ring (bicyclic) bond motifs is 2. The minimum atomic E-state index is -0.961. The Morgan fingerprint density at radius 1 is 1.11 bits per heavy atom. The number of nitrogens with zero attached hydrogens (tertiary/aromatic N) is 2. The molecule has 44 heavy (non-hydrogen) atoms. The van der Waals surface area contributed by atoms with Crippen molar-refractivity contribution in [2.24, 2.45) is 0 Å². The van der Waals surface area contributed by atoms with Crippen LogP contribution in [0, 0.1) is 6.92 Å². The summed E-state index contributed by atoms with van der Waals surface area (Å²) >= 11 is 7.20. The topological polar surface area (TPSA) is 108 Å². The van der Waals surface area contributed by atoms with Gasteiger partial charge in [0.15, 0.2) is 22.1 Å². The molecule has 3 heterocycles. The fourth-order valence-electron chi connectivity index (χ4n) is 5.04. The number of amides is 1. The van der Waals surface area contributed by atoms with Crippen LogP contribution in [0.5, 0.6) is 11.5 Å². The van der Waals surface area contributed by atoms with Crippen molar-refractivity contribution in [3.05, 3.63) is 128 Å². The Hall–Kier alpha value is -4.93. The molecule has 0 N–H and O–H groups in total. The second-order valence-electron chi connectivity index (χ2n) is 9.87. The van der Waals surface area contributed by atoms with Crippen LogP contribution in [0.1, 0.15) is 48.7 Å². The number of aryl methyl sites for hydroxylation is 1. The Balaban J connectivity index is 1.48. The predicted molar refractivity (Wildman–Crippen MR) is 167 cm³/mol. The van der Waals surface area contributed by atoms with Crippen molar-refractivity contribution >= 4 is 50.9 Å². The van der Waals surface area contributed by atoms with Crippen LogP contribution >= 0.6 is 22.9 Å². The van der Waals surface area contributed by atoms with Crippen molar-refractivity contribution in [1.29, 1.82) is 0 Å². The van der Waals surface area contributed by atoms with Crippen LogP contribution in [0.15, 0.2) is 88.6 Å². The predicted octanol–water partition coefficient (Wildman–Crippen LogP) is 6.89. The summed E-state index contributed by atoms with van der Waals surface area (Å²) in [6, 6.07) is 18.5. The van der Waals surface area contributed by atoms with Crippen LogP contribution < -0.4 is 19.8 Å². The lowest BCUT2D eigenvalue weighted by atomic mass is 9.98.